The summed E-state index contributed by atoms with van der Waals surface area (Å²) >= 11 is 0. The van der Waals surface area contributed by atoms with Crippen LogP contribution in [0.2, 0.25) is 0 Å². The van der Waals surface area contributed by atoms with E-state index in [2.05, 4.69) is 0 Å². The third kappa shape index (κ3) is 2.93. The van der Waals surface area contributed by atoms with Crippen molar-refractivity contribution in [2.45, 2.75) is 39.3 Å². The lowest BCUT2D eigenvalue weighted by molar-refractivity contribution is 0.184. The van der Waals surface area contributed by atoms with Gasteiger partial charge < -0.3 is 10.5 Å². The van der Waals surface area contributed by atoms with Gasteiger partial charge in [0.25, 0.3) is 0 Å². The van der Waals surface area contributed by atoms with Crippen LogP contribution < -0.4 is 10.5 Å². The first-order valence-corrected chi connectivity index (χ1v) is 5.37. The minimum atomic E-state index is -0.327. The van der Waals surface area contributed by atoms with E-state index in [-0.39, 0.29) is 18.5 Å². The molecule has 0 radical (unpaired) electrons. The van der Waals surface area contributed by atoms with Crippen molar-refractivity contribution in [2.75, 3.05) is 0 Å². The predicted octanol–water partition coefficient (Wildman–Crippen LogP) is 2.85. The molecule has 1 rings (SSSR count). The van der Waals surface area contributed by atoms with Crippen molar-refractivity contribution >= 4 is 0 Å². The minimum absolute atomic E-state index is 0.0764. The fourth-order valence-electron chi connectivity index (χ4n) is 1.44. The Kier molecular flexibility index (Phi) is 4.56. The van der Waals surface area contributed by atoms with E-state index in [4.69, 9.17) is 10.5 Å². The zero-order chi connectivity index (χ0) is 11.3. The molecule has 84 valence electrons. The molecule has 0 aliphatic carbocycles. The van der Waals surface area contributed by atoms with Crippen LogP contribution in [0.3, 0.4) is 0 Å². The van der Waals surface area contributed by atoms with Crippen molar-refractivity contribution in [3.8, 4) is 5.75 Å². The van der Waals surface area contributed by atoms with Gasteiger partial charge in [0.2, 0.25) is 0 Å². The molecule has 0 saturated carbocycles. The summed E-state index contributed by atoms with van der Waals surface area (Å²) in [5.74, 6) is -0.0152. The van der Waals surface area contributed by atoms with E-state index in [0.717, 1.165) is 12.8 Å². The molecule has 1 aromatic rings. The van der Waals surface area contributed by atoms with Crippen LogP contribution in [0.1, 0.15) is 32.3 Å². The molecule has 0 aliphatic heterocycles. The van der Waals surface area contributed by atoms with Gasteiger partial charge in [-0.3, -0.25) is 0 Å². The largest absolute Gasteiger partial charge is 0.487 e. The van der Waals surface area contributed by atoms with Crippen molar-refractivity contribution < 1.29 is 9.13 Å². The molecule has 0 amide bonds. The van der Waals surface area contributed by atoms with Crippen LogP contribution in [0.5, 0.6) is 5.75 Å². The van der Waals surface area contributed by atoms with E-state index in [9.17, 15) is 4.39 Å². The lowest BCUT2D eigenvalue weighted by Crippen LogP contribution is -2.15. The first-order valence-electron chi connectivity index (χ1n) is 5.37. The number of ether oxygens (including phenoxy) is 1. The maximum atomic E-state index is 13.7. The van der Waals surface area contributed by atoms with Gasteiger partial charge >= 0.3 is 0 Å². The number of hydrogen-bond acceptors (Lipinski definition) is 2. The molecule has 2 N–H and O–H groups in total. The summed E-state index contributed by atoms with van der Waals surface area (Å²) in [6.07, 6.45) is 1.83. The van der Waals surface area contributed by atoms with Crippen LogP contribution in [-0.2, 0) is 6.54 Å². The number of hydrogen-bond donors (Lipinski definition) is 1. The fraction of sp³-hybridized carbons (Fsp3) is 0.500. The summed E-state index contributed by atoms with van der Waals surface area (Å²) in [4.78, 5) is 0. The van der Waals surface area contributed by atoms with Gasteiger partial charge in [-0.1, -0.05) is 26.0 Å². The van der Waals surface area contributed by atoms with E-state index < -0.39 is 0 Å². The average Bonchev–Trinajstić information content (AvgIpc) is 2.28. The fourth-order valence-corrected chi connectivity index (χ4v) is 1.44. The number of benzene rings is 1. The van der Waals surface area contributed by atoms with Gasteiger partial charge in [-0.05, 0) is 18.9 Å². The molecule has 0 atom stereocenters. The van der Waals surface area contributed by atoms with Crippen molar-refractivity contribution in [3.63, 3.8) is 0 Å². The molecule has 15 heavy (non-hydrogen) atoms. The molecule has 0 bridgehead atoms. The summed E-state index contributed by atoms with van der Waals surface area (Å²) in [6, 6.07) is 5.09. The van der Waals surface area contributed by atoms with E-state index >= 15 is 0 Å². The summed E-state index contributed by atoms with van der Waals surface area (Å²) in [6.45, 7) is 4.25. The Labute approximate surface area is 90.2 Å². The summed E-state index contributed by atoms with van der Waals surface area (Å²) in [7, 11) is 0. The molecular weight excluding hydrogens is 193 g/mol. The van der Waals surface area contributed by atoms with Crippen molar-refractivity contribution in [3.05, 3.63) is 29.6 Å². The molecule has 2 nitrogen and oxygen atoms in total. The third-order valence-corrected chi connectivity index (χ3v) is 2.47. The number of nitrogens with two attached hydrogens (primary N) is 1. The highest BCUT2D eigenvalue weighted by molar-refractivity contribution is 5.31. The van der Waals surface area contributed by atoms with Crippen LogP contribution in [-0.4, -0.2) is 6.10 Å². The summed E-state index contributed by atoms with van der Waals surface area (Å²) in [5.41, 5.74) is 5.92. The molecular formula is C12H18FNO. The summed E-state index contributed by atoms with van der Waals surface area (Å²) < 4.78 is 19.3. The van der Waals surface area contributed by atoms with Gasteiger partial charge in [0, 0.05) is 12.1 Å². The number of halogens is 1. The zero-order valence-corrected chi connectivity index (χ0v) is 9.29. The van der Waals surface area contributed by atoms with E-state index in [1.165, 1.54) is 0 Å². The molecule has 3 heteroatoms. The van der Waals surface area contributed by atoms with Crippen molar-refractivity contribution in [1.29, 1.82) is 0 Å². The maximum Gasteiger partial charge on any atom is 0.169 e. The predicted molar refractivity (Wildman–Crippen MR) is 59.3 cm³/mol. The van der Waals surface area contributed by atoms with E-state index in [0.29, 0.717) is 11.3 Å². The van der Waals surface area contributed by atoms with Gasteiger partial charge in [-0.2, -0.15) is 0 Å². The van der Waals surface area contributed by atoms with Gasteiger partial charge in [0.15, 0.2) is 11.6 Å². The third-order valence-electron chi connectivity index (χ3n) is 2.47. The first kappa shape index (κ1) is 12.0. The Morgan fingerprint density at radius 1 is 1.33 bits per heavy atom. The lowest BCUT2D eigenvalue weighted by atomic mass is 10.2. The van der Waals surface area contributed by atoms with Crippen molar-refractivity contribution in [2.24, 2.45) is 5.73 Å². The highest BCUT2D eigenvalue weighted by Crippen LogP contribution is 2.22. The average molecular weight is 211 g/mol. The topological polar surface area (TPSA) is 35.2 Å². The Bertz CT molecular complexity index is 310. The molecule has 0 unspecified atom stereocenters. The second-order valence-corrected chi connectivity index (χ2v) is 3.49. The quantitative estimate of drug-likeness (QED) is 0.812. The second-order valence-electron chi connectivity index (χ2n) is 3.49. The molecule has 0 saturated heterocycles. The van der Waals surface area contributed by atoms with Crippen LogP contribution in [0.4, 0.5) is 4.39 Å². The van der Waals surface area contributed by atoms with Gasteiger partial charge in [-0.15, -0.1) is 0 Å². The van der Waals surface area contributed by atoms with Crippen LogP contribution >= 0.6 is 0 Å². The SMILES string of the molecule is CCC(CC)Oc1cccc(CN)c1F. The van der Waals surface area contributed by atoms with Crippen LogP contribution in [0.15, 0.2) is 18.2 Å². The van der Waals surface area contributed by atoms with Gasteiger partial charge in [-0.25, -0.2) is 4.39 Å². The van der Waals surface area contributed by atoms with Gasteiger partial charge in [0.05, 0.1) is 6.10 Å². The molecule has 1 aromatic carbocycles. The Morgan fingerprint density at radius 3 is 2.53 bits per heavy atom. The zero-order valence-electron chi connectivity index (χ0n) is 9.29. The smallest absolute Gasteiger partial charge is 0.169 e. The summed E-state index contributed by atoms with van der Waals surface area (Å²) in [5, 5.41) is 0. The maximum absolute atomic E-state index is 13.7. The number of rotatable bonds is 5. The molecule has 0 fully saturated rings. The highest BCUT2D eigenvalue weighted by Gasteiger charge is 2.11. The highest BCUT2D eigenvalue weighted by atomic mass is 19.1. The molecule has 0 heterocycles. The molecule has 0 aromatic heterocycles. The minimum Gasteiger partial charge on any atom is -0.487 e. The molecule has 0 spiro atoms. The molecule has 0 aliphatic rings. The van der Waals surface area contributed by atoms with E-state index in [1.807, 2.05) is 13.8 Å². The van der Waals surface area contributed by atoms with E-state index in [1.54, 1.807) is 18.2 Å². The van der Waals surface area contributed by atoms with Crippen LogP contribution in [0, 0.1) is 5.82 Å². The van der Waals surface area contributed by atoms with Gasteiger partial charge in [0.1, 0.15) is 0 Å². The second kappa shape index (κ2) is 5.71. The van der Waals surface area contributed by atoms with Crippen molar-refractivity contribution in [1.82, 2.24) is 0 Å². The monoisotopic (exact) mass is 211 g/mol. The van der Waals surface area contributed by atoms with Crippen LogP contribution in [0.25, 0.3) is 0 Å². The Morgan fingerprint density at radius 2 is 2.00 bits per heavy atom. The standard InChI is InChI=1S/C12H18FNO/c1-3-10(4-2)15-11-7-5-6-9(8-14)12(11)13/h5-7,10H,3-4,8,14H2,1-2H3. The first-order chi connectivity index (χ1) is 7.22. The Hall–Kier alpha value is -1.09. The lowest BCUT2D eigenvalue weighted by Gasteiger charge is -2.16. The Balaban J connectivity index is 2.85. The normalized spacial score (nSPS) is 10.7.